The van der Waals surface area contributed by atoms with Crippen molar-refractivity contribution >= 4 is 11.6 Å². The SMILES string of the molecule is [2H]C([2H])(Oc1cnn(C(C)(C)C)c(=O)c1Cl)c1ccc(COC([2H])([2H])C([2H])([2H])C)cc1. The maximum atomic E-state index is 12.4. The maximum Gasteiger partial charge on any atom is 0.289 e. The topological polar surface area (TPSA) is 53.4 Å². The summed E-state index contributed by atoms with van der Waals surface area (Å²) in [5.74, 6) is -0.192. The molecule has 1 aromatic heterocycles. The van der Waals surface area contributed by atoms with Gasteiger partial charge in [0, 0.05) is 9.30 Å². The van der Waals surface area contributed by atoms with Crippen LogP contribution in [-0.4, -0.2) is 16.3 Å². The molecule has 0 N–H and O–H groups in total. The summed E-state index contributed by atoms with van der Waals surface area (Å²) in [6.45, 7) is 1.41. The fourth-order valence-electron chi connectivity index (χ4n) is 1.94. The Kier molecular flexibility index (Phi) is 4.25. The van der Waals surface area contributed by atoms with Gasteiger partial charge >= 0.3 is 0 Å². The molecule has 5 nitrogen and oxygen atoms in total. The third kappa shape index (κ3) is 5.31. The van der Waals surface area contributed by atoms with E-state index in [1.807, 2.05) is 0 Å². The van der Waals surface area contributed by atoms with Crippen LogP contribution in [0.1, 0.15) is 53.4 Å². The van der Waals surface area contributed by atoms with Crippen molar-refractivity contribution in [2.24, 2.45) is 0 Å². The molecular formula is C19H25ClN2O3. The molecule has 1 aromatic carbocycles. The van der Waals surface area contributed by atoms with E-state index in [0.717, 1.165) is 6.92 Å². The van der Waals surface area contributed by atoms with E-state index in [4.69, 9.17) is 29.3 Å². The molecule has 25 heavy (non-hydrogen) atoms. The molecule has 0 aliphatic carbocycles. The molecule has 0 bridgehead atoms. The first-order valence-electron chi connectivity index (χ1n) is 10.7. The first-order valence-corrected chi connectivity index (χ1v) is 8.04. The fourth-order valence-corrected chi connectivity index (χ4v) is 2.11. The molecule has 0 atom stereocenters. The molecule has 0 aliphatic rings. The Balaban J connectivity index is 2.18. The predicted octanol–water partition coefficient (Wildman–Crippen LogP) is 4.16. The Morgan fingerprint density at radius 1 is 1.24 bits per heavy atom. The average Bonchev–Trinajstić information content (AvgIpc) is 2.62. The third-order valence-electron chi connectivity index (χ3n) is 3.17. The summed E-state index contributed by atoms with van der Waals surface area (Å²) in [7, 11) is 0. The van der Waals surface area contributed by atoms with E-state index >= 15 is 0 Å². The minimum atomic E-state index is -2.49. The van der Waals surface area contributed by atoms with Crippen molar-refractivity contribution in [1.82, 2.24) is 9.78 Å². The van der Waals surface area contributed by atoms with Crippen LogP contribution in [0.25, 0.3) is 0 Å². The van der Waals surface area contributed by atoms with Gasteiger partial charge in [-0.05, 0) is 38.3 Å². The van der Waals surface area contributed by atoms with Crippen molar-refractivity contribution in [3.63, 3.8) is 0 Å². The molecule has 0 fully saturated rings. The number of hydrogen-bond acceptors (Lipinski definition) is 4. The zero-order valence-electron chi connectivity index (χ0n) is 20.6. The first kappa shape index (κ1) is 12.5. The highest BCUT2D eigenvalue weighted by Crippen LogP contribution is 2.21. The van der Waals surface area contributed by atoms with Gasteiger partial charge in [0.05, 0.1) is 23.8 Å². The van der Waals surface area contributed by atoms with Gasteiger partial charge < -0.3 is 9.47 Å². The molecule has 0 saturated carbocycles. The molecular weight excluding hydrogens is 340 g/mol. The molecule has 1 heterocycles. The van der Waals surface area contributed by atoms with E-state index in [-0.39, 0.29) is 22.9 Å². The Hall–Kier alpha value is -1.85. The van der Waals surface area contributed by atoms with Crippen molar-refractivity contribution in [3.8, 4) is 5.75 Å². The fraction of sp³-hybridized carbons (Fsp3) is 0.474. The van der Waals surface area contributed by atoms with E-state index in [1.54, 1.807) is 20.8 Å². The smallest absolute Gasteiger partial charge is 0.289 e. The first-order chi connectivity index (χ1) is 14.0. The Morgan fingerprint density at radius 2 is 1.88 bits per heavy atom. The third-order valence-corrected chi connectivity index (χ3v) is 3.52. The number of halogens is 1. The monoisotopic (exact) mass is 370 g/mol. The summed E-state index contributed by atoms with van der Waals surface area (Å²) in [5.41, 5.74) is -0.565. The zero-order valence-corrected chi connectivity index (χ0v) is 15.3. The molecule has 136 valence electrons. The Morgan fingerprint density at radius 3 is 2.48 bits per heavy atom. The van der Waals surface area contributed by atoms with Crippen molar-refractivity contribution in [2.75, 3.05) is 6.56 Å². The van der Waals surface area contributed by atoms with Gasteiger partial charge in [-0.1, -0.05) is 42.8 Å². The van der Waals surface area contributed by atoms with Crippen LogP contribution in [0.15, 0.2) is 35.3 Å². The number of benzene rings is 1. The molecule has 0 spiro atoms. The molecule has 6 heteroatoms. The number of rotatable bonds is 7. The summed E-state index contributed by atoms with van der Waals surface area (Å²) < 4.78 is 58.2. The normalized spacial score (nSPS) is 16.8. The van der Waals surface area contributed by atoms with Gasteiger partial charge in [-0.2, -0.15) is 5.10 Å². The number of ether oxygens (including phenoxy) is 2. The van der Waals surface area contributed by atoms with Crippen molar-refractivity contribution in [3.05, 3.63) is 57.0 Å². The lowest BCUT2D eigenvalue weighted by atomic mass is 10.1. The molecule has 0 radical (unpaired) electrons. The van der Waals surface area contributed by atoms with E-state index < -0.39 is 30.6 Å². The number of hydrogen-bond donors (Lipinski definition) is 0. The van der Waals surface area contributed by atoms with Crippen LogP contribution in [0.2, 0.25) is 5.02 Å². The van der Waals surface area contributed by atoms with Crippen LogP contribution < -0.4 is 10.3 Å². The molecule has 0 amide bonds. The molecule has 2 aromatic rings. The predicted molar refractivity (Wildman–Crippen MR) is 99.2 cm³/mol. The quantitative estimate of drug-likeness (QED) is 0.734. The van der Waals surface area contributed by atoms with Crippen LogP contribution >= 0.6 is 11.6 Å². The highest BCUT2D eigenvalue weighted by atomic mass is 35.5. The Bertz CT molecular complexity index is 982. The summed E-state index contributed by atoms with van der Waals surface area (Å²) in [4.78, 5) is 12.4. The zero-order chi connectivity index (χ0) is 23.8. The van der Waals surface area contributed by atoms with Crippen molar-refractivity contribution < 1.29 is 17.7 Å². The Labute approximate surface area is 162 Å². The summed E-state index contributed by atoms with van der Waals surface area (Å²) >= 11 is 6.10. The van der Waals surface area contributed by atoms with Crippen LogP contribution in [0.5, 0.6) is 5.75 Å². The van der Waals surface area contributed by atoms with Crippen LogP contribution in [0.3, 0.4) is 0 Å². The lowest BCUT2D eigenvalue weighted by molar-refractivity contribution is 0.121. The van der Waals surface area contributed by atoms with Gasteiger partial charge in [-0.3, -0.25) is 4.79 Å². The number of aromatic nitrogens is 2. The molecule has 0 aliphatic heterocycles. The molecule has 0 saturated heterocycles. The van der Waals surface area contributed by atoms with E-state index in [0.29, 0.717) is 5.56 Å². The van der Waals surface area contributed by atoms with E-state index in [2.05, 4.69) is 5.10 Å². The van der Waals surface area contributed by atoms with Crippen LogP contribution in [0.4, 0.5) is 0 Å². The largest absolute Gasteiger partial charge is 0.485 e. The van der Waals surface area contributed by atoms with Gasteiger partial charge in [0.25, 0.3) is 5.56 Å². The van der Waals surface area contributed by atoms with Gasteiger partial charge in [0.1, 0.15) is 6.56 Å². The lowest BCUT2D eigenvalue weighted by Gasteiger charge is -2.21. The van der Waals surface area contributed by atoms with E-state index in [9.17, 15) is 4.79 Å². The van der Waals surface area contributed by atoms with Gasteiger partial charge in [-0.25, -0.2) is 4.68 Å². The van der Waals surface area contributed by atoms with Gasteiger partial charge in [-0.15, -0.1) is 0 Å². The highest BCUT2D eigenvalue weighted by molar-refractivity contribution is 6.31. The van der Waals surface area contributed by atoms with Crippen LogP contribution in [-0.2, 0) is 23.4 Å². The minimum absolute atomic E-state index is 0.126. The second kappa shape index (κ2) is 8.50. The van der Waals surface area contributed by atoms with Crippen molar-refractivity contribution in [1.29, 1.82) is 0 Å². The second-order valence-corrected chi connectivity index (χ2v) is 6.63. The molecule has 0 unspecified atom stereocenters. The van der Waals surface area contributed by atoms with Gasteiger partial charge in [0.2, 0.25) is 0 Å². The summed E-state index contributed by atoms with van der Waals surface area (Å²) in [6, 6.07) is 5.86. The lowest BCUT2D eigenvalue weighted by Crippen LogP contribution is -2.36. The van der Waals surface area contributed by atoms with Gasteiger partial charge in [0.15, 0.2) is 10.8 Å². The number of nitrogens with zero attached hydrogens (tertiary/aromatic N) is 2. The maximum absolute atomic E-state index is 12.4. The molecule has 2 rings (SSSR count). The van der Waals surface area contributed by atoms with Crippen molar-refractivity contribution in [2.45, 2.75) is 52.8 Å². The second-order valence-electron chi connectivity index (χ2n) is 6.25. The standard InChI is InChI=1S/C19H25ClN2O3/c1-5-10-24-12-14-6-8-15(9-7-14)13-25-16-11-21-22(19(2,3)4)18(23)17(16)20/h6-9,11H,5,10,12-13H2,1-4H3/i5D2,10D2,13D2. The van der Waals surface area contributed by atoms with E-state index in [1.165, 1.54) is 35.1 Å². The minimum Gasteiger partial charge on any atom is -0.485 e. The summed E-state index contributed by atoms with van der Waals surface area (Å²) in [6.07, 6.45) is -0.997. The summed E-state index contributed by atoms with van der Waals surface area (Å²) in [5, 5.41) is 3.73. The highest BCUT2D eigenvalue weighted by Gasteiger charge is 2.19. The van der Waals surface area contributed by atoms with Crippen LogP contribution in [0, 0.1) is 0 Å². The average molecular weight is 371 g/mol.